The second kappa shape index (κ2) is 12.4. The number of nitrogens with one attached hydrogen (secondary N) is 3. The molecule has 0 heterocycles. The smallest absolute Gasteiger partial charge is 0.253 e. The van der Waals surface area contributed by atoms with E-state index in [1.807, 2.05) is 19.9 Å². The molecule has 182 valence electrons. The van der Waals surface area contributed by atoms with Crippen molar-refractivity contribution in [3.63, 3.8) is 0 Å². The molecule has 34 heavy (non-hydrogen) atoms. The molecule has 0 unspecified atom stereocenters. The number of hydrogen-bond acceptors (Lipinski definition) is 4. The summed E-state index contributed by atoms with van der Waals surface area (Å²) in [7, 11) is 0. The molecule has 0 aromatic heterocycles. The zero-order valence-electron chi connectivity index (χ0n) is 19.8. The van der Waals surface area contributed by atoms with Crippen molar-refractivity contribution in [3.8, 4) is 0 Å². The number of amides is 3. The van der Waals surface area contributed by atoms with Crippen LogP contribution in [0.2, 0.25) is 5.02 Å². The number of rotatable bonds is 9. The Balaban J connectivity index is 1.58. The number of nitrogens with zero attached hydrogens (tertiary/aromatic N) is 1. The largest absolute Gasteiger partial charge is 0.376 e. The Morgan fingerprint density at radius 1 is 0.971 bits per heavy atom. The Morgan fingerprint density at radius 3 is 2.41 bits per heavy atom. The Bertz CT molecular complexity index is 1020. The number of anilines is 2. The van der Waals surface area contributed by atoms with Crippen LogP contribution in [0.5, 0.6) is 0 Å². The number of benzene rings is 2. The fraction of sp³-hybridized carbons (Fsp3) is 0.423. The molecule has 0 radical (unpaired) electrons. The molecular weight excluding hydrogens is 452 g/mol. The highest BCUT2D eigenvalue weighted by Gasteiger charge is 2.19. The molecule has 0 atom stereocenters. The monoisotopic (exact) mass is 484 g/mol. The lowest BCUT2D eigenvalue weighted by molar-refractivity contribution is -0.114. The average Bonchev–Trinajstić information content (AvgIpc) is 2.85. The summed E-state index contributed by atoms with van der Waals surface area (Å²) in [5.74, 6) is -0.541. The molecule has 2 aromatic rings. The number of hydrogen-bond donors (Lipinski definition) is 3. The van der Waals surface area contributed by atoms with Crippen LogP contribution in [0.1, 0.15) is 66.7 Å². The van der Waals surface area contributed by atoms with Gasteiger partial charge in [-0.05, 0) is 63.1 Å². The molecule has 2 aromatic carbocycles. The fourth-order valence-electron chi connectivity index (χ4n) is 4.13. The molecule has 7 nitrogen and oxygen atoms in total. The van der Waals surface area contributed by atoms with Crippen molar-refractivity contribution >= 4 is 40.7 Å². The number of halogens is 1. The van der Waals surface area contributed by atoms with Gasteiger partial charge < -0.3 is 20.9 Å². The van der Waals surface area contributed by atoms with E-state index in [4.69, 9.17) is 11.6 Å². The van der Waals surface area contributed by atoms with E-state index in [-0.39, 0.29) is 30.3 Å². The van der Waals surface area contributed by atoms with Gasteiger partial charge in [0.2, 0.25) is 5.91 Å². The van der Waals surface area contributed by atoms with Crippen LogP contribution in [0.4, 0.5) is 11.4 Å². The van der Waals surface area contributed by atoms with E-state index in [9.17, 15) is 14.4 Å². The lowest BCUT2D eigenvalue weighted by atomic mass is 9.95. The van der Waals surface area contributed by atoms with Gasteiger partial charge in [-0.15, -0.1) is 0 Å². The van der Waals surface area contributed by atoms with Gasteiger partial charge in [0.25, 0.3) is 11.8 Å². The predicted molar refractivity (Wildman–Crippen MR) is 137 cm³/mol. The Hall–Kier alpha value is -3.06. The highest BCUT2D eigenvalue weighted by molar-refractivity contribution is 6.34. The summed E-state index contributed by atoms with van der Waals surface area (Å²) >= 11 is 6.25. The Kier molecular flexibility index (Phi) is 9.33. The van der Waals surface area contributed by atoms with Crippen LogP contribution in [0, 0.1) is 0 Å². The van der Waals surface area contributed by atoms with Gasteiger partial charge in [0.1, 0.15) is 0 Å². The molecule has 0 aliphatic heterocycles. The minimum absolute atomic E-state index is 0.00907. The lowest BCUT2D eigenvalue weighted by Crippen LogP contribution is -2.36. The minimum atomic E-state index is -0.276. The Labute approximate surface area is 206 Å². The number of carbonyl (C=O) groups is 3. The summed E-state index contributed by atoms with van der Waals surface area (Å²) in [5, 5.41) is 9.25. The topological polar surface area (TPSA) is 90.5 Å². The van der Waals surface area contributed by atoms with Crippen molar-refractivity contribution in [1.82, 2.24) is 10.2 Å². The second-order valence-corrected chi connectivity index (χ2v) is 8.87. The van der Waals surface area contributed by atoms with Crippen molar-refractivity contribution in [1.29, 1.82) is 0 Å². The van der Waals surface area contributed by atoms with E-state index in [1.54, 1.807) is 41.3 Å². The third-order valence-electron chi connectivity index (χ3n) is 6.05. The van der Waals surface area contributed by atoms with Crippen LogP contribution in [-0.4, -0.2) is 48.3 Å². The molecule has 3 rings (SSSR count). The van der Waals surface area contributed by atoms with E-state index >= 15 is 0 Å². The maximum atomic E-state index is 12.7. The summed E-state index contributed by atoms with van der Waals surface area (Å²) in [6.45, 7) is 5.16. The lowest BCUT2D eigenvalue weighted by Gasteiger charge is -2.23. The first-order valence-corrected chi connectivity index (χ1v) is 12.3. The van der Waals surface area contributed by atoms with Gasteiger partial charge in [0.05, 0.1) is 17.1 Å². The van der Waals surface area contributed by atoms with Gasteiger partial charge >= 0.3 is 0 Å². The standard InChI is InChI=1S/C26H33ClN4O3/c1-3-31(4-2)26(34)18-9-8-12-20(15-18)28-17-24(32)29-21-13-14-23(27)22(16-21)25(33)30-19-10-6-5-7-11-19/h8-9,12-16,19,28H,3-7,10-11,17H2,1-2H3,(H,29,32)(H,30,33). The number of carbonyl (C=O) groups excluding carboxylic acids is 3. The van der Waals surface area contributed by atoms with Crippen molar-refractivity contribution < 1.29 is 14.4 Å². The van der Waals surface area contributed by atoms with E-state index in [2.05, 4.69) is 16.0 Å². The molecule has 1 aliphatic rings. The van der Waals surface area contributed by atoms with E-state index in [0.29, 0.717) is 40.6 Å². The molecular formula is C26H33ClN4O3. The van der Waals surface area contributed by atoms with Crippen molar-refractivity contribution in [2.24, 2.45) is 0 Å². The molecule has 3 N–H and O–H groups in total. The van der Waals surface area contributed by atoms with E-state index in [0.717, 1.165) is 25.7 Å². The first-order chi connectivity index (χ1) is 16.4. The summed E-state index contributed by atoms with van der Waals surface area (Å²) in [6.07, 6.45) is 5.40. The molecule has 8 heteroatoms. The SMILES string of the molecule is CCN(CC)C(=O)c1cccc(NCC(=O)Nc2ccc(Cl)c(C(=O)NC3CCCCC3)c2)c1. The fourth-order valence-corrected chi connectivity index (χ4v) is 4.33. The maximum absolute atomic E-state index is 12.7. The summed E-state index contributed by atoms with van der Waals surface area (Å²) in [5.41, 5.74) is 2.09. The van der Waals surface area contributed by atoms with Crippen molar-refractivity contribution in [2.45, 2.75) is 52.0 Å². The van der Waals surface area contributed by atoms with Gasteiger partial charge in [0.15, 0.2) is 0 Å². The van der Waals surface area contributed by atoms with Crippen molar-refractivity contribution in [2.75, 3.05) is 30.3 Å². The van der Waals surface area contributed by atoms with Gasteiger partial charge in [0, 0.05) is 36.1 Å². The quantitative estimate of drug-likeness (QED) is 0.470. The molecule has 1 fully saturated rings. The van der Waals surface area contributed by atoms with Gasteiger partial charge in [-0.25, -0.2) is 0 Å². The third kappa shape index (κ3) is 6.97. The first kappa shape index (κ1) is 25.6. The van der Waals surface area contributed by atoms with Gasteiger partial charge in [-0.3, -0.25) is 14.4 Å². The molecule has 0 bridgehead atoms. The molecule has 1 saturated carbocycles. The van der Waals surface area contributed by atoms with Crippen LogP contribution in [0.3, 0.4) is 0 Å². The van der Waals surface area contributed by atoms with Crippen LogP contribution < -0.4 is 16.0 Å². The van der Waals surface area contributed by atoms with E-state index in [1.165, 1.54) is 6.42 Å². The highest BCUT2D eigenvalue weighted by atomic mass is 35.5. The first-order valence-electron chi connectivity index (χ1n) is 11.9. The average molecular weight is 485 g/mol. The highest BCUT2D eigenvalue weighted by Crippen LogP contribution is 2.23. The van der Waals surface area contributed by atoms with Crippen LogP contribution in [0.25, 0.3) is 0 Å². The molecule has 3 amide bonds. The molecule has 0 saturated heterocycles. The van der Waals surface area contributed by atoms with Crippen LogP contribution in [0.15, 0.2) is 42.5 Å². The molecule has 1 aliphatic carbocycles. The van der Waals surface area contributed by atoms with Gasteiger partial charge in [-0.1, -0.05) is 36.9 Å². The van der Waals surface area contributed by atoms with E-state index < -0.39 is 0 Å². The van der Waals surface area contributed by atoms with Crippen molar-refractivity contribution in [3.05, 3.63) is 58.6 Å². The summed E-state index contributed by atoms with van der Waals surface area (Å²) in [4.78, 5) is 39.5. The minimum Gasteiger partial charge on any atom is -0.376 e. The van der Waals surface area contributed by atoms with Crippen LogP contribution in [-0.2, 0) is 4.79 Å². The Morgan fingerprint density at radius 2 is 1.71 bits per heavy atom. The predicted octanol–water partition coefficient (Wildman–Crippen LogP) is 4.94. The van der Waals surface area contributed by atoms with Gasteiger partial charge in [-0.2, -0.15) is 0 Å². The molecule has 0 spiro atoms. The second-order valence-electron chi connectivity index (χ2n) is 8.46. The van der Waals surface area contributed by atoms with Crippen LogP contribution >= 0.6 is 11.6 Å². The zero-order chi connectivity index (χ0) is 24.5. The zero-order valence-corrected chi connectivity index (χ0v) is 20.6. The summed E-state index contributed by atoms with van der Waals surface area (Å²) < 4.78 is 0. The normalized spacial score (nSPS) is 13.7. The maximum Gasteiger partial charge on any atom is 0.253 e. The summed E-state index contributed by atoms with van der Waals surface area (Å²) in [6, 6.07) is 12.1. The third-order valence-corrected chi connectivity index (χ3v) is 6.38.